The van der Waals surface area contributed by atoms with Gasteiger partial charge >= 0.3 is 5.97 Å². The van der Waals surface area contributed by atoms with E-state index in [0.717, 1.165) is 6.42 Å². The average molecular weight is 265 g/mol. The van der Waals surface area contributed by atoms with Crippen LogP contribution in [-0.2, 0) is 14.4 Å². The minimum absolute atomic E-state index is 0.0121. The summed E-state index contributed by atoms with van der Waals surface area (Å²) in [4.78, 5) is 36.3. The van der Waals surface area contributed by atoms with E-state index in [9.17, 15) is 14.4 Å². The lowest BCUT2D eigenvalue weighted by atomic mass is 9.76. The molecule has 104 valence electrons. The summed E-state index contributed by atoms with van der Waals surface area (Å²) < 4.78 is 0. The van der Waals surface area contributed by atoms with Gasteiger partial charge in [-0.05, 0) is 25.2 Å². The fourth-order valence-electron chi connectivity index (χ4n) is 3.06. The number of fused-ring (bicyclic) bond motifs is 1. The molecule has 0 aromatic rings. The van der Waals surface area contributed by atoms with Crippen molar-refractivity contribution in [1.29, 1.82) is 0 Å². The highest BCUT2D eigenvalue weighted by Gasteiger charge is 2.50. The van der Waals surface area contributed by atoms with Gasteiger partial charge in [0.15, 0.2) is 0 Å². The van der Waals surface area contributed by atoms with Crippen molar-refractivity contribution in [3.05, 3.63) is 12.2 Å². The molecule has 0 spiro atoms. The minimum Gasteiger partial charge on any atom is -0.481 e. The number of hydrogen-bond donors (Lipinski definition) is 1. The number of allylic oxidation sites excluding steroid dienone is 2. The summed E-state index contributed by atoms with van der Waals surface area (Å²) in [6.45, 7) is 2.25. The first-order valence-electron chi connectivity index (χ1n) is 6.80. The van der Waals surface area contributed by atoms with E-state index in [1.54, 1.807) is 0 Å². The van der Waals surface area contributed by atoms with Crippen molar-refractivity contribution in [2.24, 2.45) is 17.8 Å². The molecular formula is C14H19NO4. The van der Waals surface area contributed by atoms with E-state index in [-0.39, 0.29) is 42.5 Å². The Balaban J connectivity index is 2.06. The summed E-state index contributed by atoms with van der Waals surface area (Å²) in [7, 11) is 0. The van der Waals surface area contributed by atoms with E-state index >= 15 is 0 Å². The first-order valence-corrected chi connectivity index (χ1v) is 6.80. The molecule has 1 N–H and O–H groups in total. The summed E-state index contributed by atoms with van der Waals surface area (Å²) in [5.74, 6) is -1.45. The Hall–Kier alpha value is -1.65. The molecular weight excluding hydrogens is 246 g/mol. The summed E-state index contributed by atoms with van der Waals surface area (Å²) in [6.07, 6.45) is 5.81. The summed E-state index contributed by atoms with van der Waals surface area (Å²) >= 11 is 0. The first-order chi connectivity index (χ1) is 9.06. The summed E-state index contributed by atoms with van der Waals surface area (Å²) in [5.41, 5.74) is 0. The molecule has 3 atom stereocenters. The Labute approximate surface area is 112 Å². The summed E-state index contributed by atoms with van der Waals surface area (Å²) in [5, 5.41) is 8.61. The van der Waals surface area contributed by atoms with Crippen LogP contribution in [0.3, 0.4) is 0 Å². The zero-order valence-electron chi connectivity index (χ0n) is 11.0. The molecule has 2 rings (SSSR count). The fourth-order valence-corrected chi connectivity index (χ4v) is 3.06. The Bertz CT molecular complexity index is 429. The van der Waals surface area contributed by atoms with Crippen LogP contribution in [0.1, 0.15) is 32.6 Å². The standard InChI is InChI=1S/C14H19NO4/c1-2-9-5-3-6-10-12(9)14(19)15(13(10)18)8-4-7-11(16)17/h3,5,9-10,12H,2,4,6-8H2,1H3,(H,16,17)/t9-,10+,12-/m1/s1. The van der Waals surface area contributed by atoms with E-state index in [1.807, 2.05) is 19.1 Å². The molecule has 0 bridgehead atoms. The molecule has 0 radical (unpaired) electrons. The van der Waals surface area contributed by atoms with Gasteiger partial charge < -0.3 is 5.11 Å². The number of carbonyl (C=O) groups excluding carboxylic acids is 2. The molecule has 1 aliphatic heterocycles. The van der Waals surface area contributed by atoms with Gasteiger partial charge in [-0.1, -0.05) is 19.1 Å². The second-order valence-electron chi connectivity index (χ2n) is 5.19. The van der Waals surface area contributed by atoms with Crippen LogP contribution in [0.2, 0.25) is 0 Å². The van der Waals surface area contributed by atoms with Crippen LogP contribution >= 0.6 is 0 Å². The van der Waals surface area contributed by atoms with Crippen molar-refractivity contribution in [1.82, 2.24) is 4.90 Å². The minimum atomic E-state index is -0.899. The molecule has 0 unspecified atom stereocenters. The lowest BCUT2D eigenvalue weighted by Gasteiger charge is -2.24. The molecule has 1 saturated heterocycles. The Morgan fingerprint density at radius 2 is 2.16 bits per heavy atom. The van der Waals surface area contributed by atoms with E-state index in [1.165, 1.54) is 4.90 Å². The van der Waals surface area contributed by atoms with Gasteiger partial charge in [-0.25, -0.2) is 0 Å². The normalized spacial score (nSPS) is 29.7. The number of hydrogen-bond acceptors (Lipinski definition) is 3. The fraction of sp³-hybridized carbons (Fsp3) is 0.643. The van der Waals surface area contributed by atoms with Crippen molar-refractivity contribution < 1.29 is 19.5 Å². The zero-order valence-corrected chi connectivity index (χ0v) is 11.0. The molecule has 2 amide bonds. The second-order valence-corrected chi connectivity index (χ2v) is 5.19. The largest absolute Gasteiger partial charge is 0.481 e. The van der Waals surface area contributed by atoms with Gasteiger partial charge in [-0.2, -0.15) is 0 Å². The quantitative estimate of drug-likeness (QED) is 0.603. The predicted molar refractivity (Wildman–Crippen MR) is 68.1 cm³/mol. The van der Waals surface area contributed by atoms with Crippen LogP contribution < -0.4 is 0 Å². The lowest BCUT2D eigenvalue weighted by molar-refractivity contribution is -0.142. The number of rotatable bonds is 5. The number of aliphatic carboxylic acids is 1. The molecule has 5 nitrogen and oxygen atoms in total. The van der Waals surface area contributed by atoms with Gasteiger partial charge in [-0.15, -0.1) is 0 Å². The SMILES string of the molecule is CC[C@@H]1C=CC[C@@H]2C(=O)N(CCCC(=O)O)C(=O)[C@@H]21. The molecule has 5 heteroatoms. The third-order valence-electron chi connectivity index (χ3n) is 4.05. The van der Waals surface area contributed by atoms with Gasteiger partial charge in [0.05, 0.1) is 11.8 Å². The maximum atomic E-state index is 12.3. The van der Waals surface area contributed by atoms with Crippen molar-refractivity contribution >= 4 is 17.8 Å². The molecule has 1 fully saturated rings. The average Bonchev–Trinajstić information content (AvgIpc) is 2.63. The van der Waals surface area contributed by atoms with Crippen molar-refractivity contribution in [2.45, 2.75) is 32.6 Å². The van der Waals surface area contributed by atoms with E-state index < -0.39 is 5.97 Å². The molecule has 2 aliphatic rings. The van der Waals surface area contributed by atoms with Crippen LogP contribution in [0.5, 0.6) is 0 Å². The monoisotopic (exact) mass is 265 g/mol. The van der Waals surface area contributed by atoms with Crippen LogP contribution in [-0.4, -0.2) is 34.3 Å². The number of amides is 2. The number of carboxylic acids is 1. The maximum Gasteiger partial charge on any atom is 0.303 e. The van der Waals surface area contributed by atoms with Crippen molar-refractivity contribution in [3.8, 4) is 0 Å². The molecule has 0 aromatic heterocycles. The highest BCUT2D eigenvalue weighted by atomic mass is 16.4. The summed E-state index contributed by atoms with van der Waals surface area (Å²) in [6, 6.07) is 0. The van der Waals surface area contributed by atoms with Gasteiger partial charge in [0.2, 0.25) is 11.8 Å². The van der Waals surface area contributed by atoms with E-state index in [2.05, 4.69) is 0 Å². The van der Waals surface area contributed by atoms with Crippen LogP contribution in [0.15, 0.2) is 12.2 Å². The maximum absolute atomic E-state index is 12.3. The third-order valence-corrected chi connectivity index (χ3v) is 4.05. The lowest BCUT2D eigenvalue weighted by Crippen LogP contribution is -2.33. The number of nitrogens with zero attached hydrogens (tertiary/aromatic N) is 1. The topological polar surface area (TPSA) is 74.7 Å². The molecule has 1 aliphatic carbocycles. The van der Waals surface area contributed by atoms with Gasteiger partial charge in [0.1, 0.15) is 0 Å². The van der Waals surface area contributed by atoms with Crippen LogP contribution in [0, 0.1) is 17.8 Å². The highest BCUT2D eigenvalue weighted by Crippen LogP contribution is 2.39. The molecule has 0 aromatic carbocycles. The Morgan fingerprint density at radius 1 is 1.42 bits per heavy atom. The predicted octanol–water partition coefficient (Wildman–Crippen LogP) is 1.44. The smallest absolute Gasteiger partial charge is 0.303 e. The number of carboxylic acid groups (broad SMARTS) is 1. The van der Waals surface area contributed by atoms with Crippen LogP contribution in [0.25, 0.3) is 0 Å². The zero-order chi connectivity index (χ0) is 14.0. The molecule has 0 saturated carbocycles. The van der Waals surface area contributed by atoms with Crippen LogP contribution in [0.4, 0.5) is 0 Å². The number of likely N-dealkylation sites (tertiary alicyclic amines) is 1. The van der Waals surface area contributed by atoms with E-state index in [0.29, 0.717) is 12.8 Å². The number of carbonyl (C=O) groups is 3. The van der Waals surface area contributed by atoms with Crippen molar-refractivity contribution in [2.75, 3.05) is 6.54 Å². The highest BCUT2D eigenvalue weighted by molar-refractivity contribution is 6.05. The van der Waals surface area contributed by atoms with E-state index in [4.69, 9.17) is 5.11 Å². The first kappa shape index (κ1) is 13.8. The molecule has 19 heavy (non-hydrogen) atoms. The number of imide groups is 1. The van der Waals surface area contributed by atoms with Gasteiger partial charge in [-0.3, -0.25) is 19.3 Å². The second kappa shape index (κ2) is 5.55. The van der Waals surface area contributed by atoms with Crippen molar-refractivity contribution in [3.63, 3.8) is 0 Å². The Morgan fingerprint density at radius 3 is 2.79 bits per heavy atom. The van der Waals surface area contributed by atoms with Gasteiger partial charge in [0.25, 0.3) is 0 Å². The molecule has 1 heterocycles. The third kappa shape index (κ3) is 2.55. The Kier molecular flexibility index (Phi) is 4.02. The van der Waals surface area contributed by atoms with Gasteiger partial charge in [0, 0.05) is 13.0 Å².